The molecule has 1 aromatic rings. The molecule has 1 fully saturated rings. The van der Waals surface area contributed by atoms with Gasteiger partial charge in [-0.25, -0.2) is 0 Å². The summed E-state index contributed by atoms with van der Waals surface area (Å²) in [6.07, 6.45) is 3.64. The Morgan fingerprint density at radius 3 is 2.60 bits per heavy atom. The maximum atomic E-state index is 5.84. The van der Waals surface area contributed by atoms with Crippen LogP contribution in [0.25, 0.3) is 0 Å². The van der Waals surface area contributed by atoms with Gasteiger partial charge >= 0.3 is 0 Å². The molecule has 1 heterocycles. The van der Waals surface area contributed by atoms with Gasteiger partial charge < -0.3 is 5.73 Å². The van der Waals surface area contributed by atoms with Crippen LogP contribution in [0.3, 0.4) is 0 Å². The number of likely N-dealkylation sites (tertiary alicyclic amines) is 1. The minimum atomic E-state index is 0.163. The lowest BCUT2D eigenvalue weighted by Gasteiger charge is -2.49. The molecule has 0 amide bonds. The van der Waals surface area contributed by atoms with Crippen LogP contribution in [0.15, 0.2) is 18.2 Å². The minimum Gasteiger partial charge on any atom is -0.329 e. The molecule has 0 radical (unpaired) electrons. The van der Waals surface area contributed by atoms with E-state index in [2.05, 4.69) is 51.7 Å². The standard InChI is InChI=1S/C17H29BN2/c1-13-8-14(6-7-18)4-5-16(13)9-15-10-20(11-15)17(2,3)12-19/h4-5,8,15H,6-7,9-12,18-19H2,1-3H3. The lowest BCUT2D eigenvalue weighted by atomic mass is 9.85. The molecule has 1 aliphatic heterocycles. The summed E-state index contributed by atoms with van der Waals surface area (Å²) in [6, 6.07) is 7.03. The van der Waals surface area contributed by atoms with Gasteiger partial charge in [0.15, 0.2) is 0 Å². The summed E-state index contributed by atoms with van der Waals surface area (Å²) in [5.74, 6) is 0.802. The van der Waals surface area contributed by atoms with Crippen molar-refractivity contribution in [3.8, 4) is 0 Å². The zero-order valence-electron chi connectivity index (χ0n) is 13.6. The summed E-state index contributed by atoms with van der Waals surface area (Å²) >= 11 is 0. The second kappa shape index (κ2) is 6.32. The highest BCUT2D eigenvalue weighted by molar-refractivity contribution is 6.08. The third-order valence-corrected chi connectivity index (χ3v) is 4.77. The summed E-state index contributed by atoms with van der Waals surface area (Å²) in [5.41, 5.74) is 10.5. The minimum absolute atomic E-state index is 0.163. The van der Waals surface area contributed by atoms with Crippen LogP contribution >= 0.6 is 0 Å². The molecule has 0 aromatic heterocycles. The largest absolute Gasteiger partial charge is 0.329 e. The smallest absolute Gasteiger partial charge is 0.101 e. The third kappa shape index (κ3) is 3.45. The van der Waals surface area contributed by atoms with Gasteiger partial charge in [-0.3, -0.25) is 4.90 Å². The first kappa shape index (κ1) is 15.6. The summed E-state index contributed by atoms with van der Waals surface area (Å²) < 4.78 is 0. The Labute approximate surface area is 125 Å². The molecule has 110 valence electrons. The fourth-order valence-electron chi connectivity index (χ4n) is 3.06. The van der Waals surface area contributed by atoms with E-state index in [4.69, 9.17) is 5.73 Å². The van der Waals surface area contributed by atoms with Crippen molar-refractivity contribution in [3.63, 3.8) is 0 Å². The second-order valence-corrected chi connectivity index (χ2v) is 7.00. The molecule has 0 spiro atoms. The van der Waals surface area contributed by atoms with E-state index in [0.29, 0.717) is 0 Å². The Morgan fingerprint density at radius 2 is 2.05 bits per heavy atom. The SMILES string of the molecule is BCCc1ccc(CC2CN(C(C)(C)CN)C2)c(C)c1. The molecule has 1 aliphatic rings. The predicted molar refractivity (Wildman–Crippen MR) is 90.1 cm³/mol. The van der Waals surface area contributed by atoms with E-state index < -0.39 is 0 Å². The molecule has 1 saturated heterocycles. The maximum Gasteiger partial charge on any atom is 0.101 e. The van der Waals surface area contributed by atoms with Gasteiger partial charge in [-0.05, 0) is 56.2 Å². The molecule has 0 saturated carbocycles. The highest BCUT2D eigenvalue weighted by atomic mass is 15.3. The molecule has 2 nitrogen and oxygen atoms in total. The van der Waals surface area contributed by atoms with Gasteiger partial charge in [-0.15, -0.1) is 0 Å². The molecule has 2 N–H and O–H groups in total. The van der Waals surface area contributed by atoms with Gasteiger partial charge in [-0.2, -0.15) is 0 Å². The van der Waals surface area contributed by atoms with E-state index in [1.54, 1.807) is 0 Å². The van der Waals surface area contributed by atoms with Crippen LogP contribution in [0.4, 0.5) is 0 Å². The second-order valence-electron chi connectivity index (χ2n) is 7.00. The van der Waals surface area contributed by atoms with Crippen LogP contribution in [0, 0.1) is 12.8 Å². The van der Waals surface area contributed by atoms with Crippen LogP contribution in [-0.4, -0.2) is 37.9 Å². The van der Waals surface area contributed by atoms with Crippen molar-refractivity contribution >= 4 is 7.85 Å². The predicted octanol–water partition coefficient (Wildman–Crippen LogP) is 1.80. The fourth-order valence-corrected chi connectivity index (χ4v) is 3.06. The van der Waals surface area contributed by atoms with Crippen molar-refractivity contribution in [3.05, 3.63) is 34.9 Å². The van der Waals surface area contributed by atoms with Crippen LogP contribution in [-0.2, 0) is 12.8 Å². The molecule has 2 rings (SSSR count). The van der Waals surface area contributed by atoms with Crippen LogP contribution in [0.5, 0.6) is 0 Å². The molecular weight excluding hydrogens is 243 g/mol. The van der Waals surface area contributed by atoms with Crippen LogP contribution < -0.4 is 5.73 Å². The fraction of sp³-hybridized carbons (Fsp3) is 0.647. The maximum absolute atomic E-state index is 5.84. The number of aryl methyl sites for hydroxylation is 2. The van der Waals surface area contributed by atoms with Crippen molar-refractivity contribution in [2.45, 2.75) is 45.5 Å². The van der Waals surface area contributed by atoms with Crippen molar-refractivity contribution in [1.29, 1.82) is 0 Å². The first-order valence-corrected chi connectivity index (χ1v) is 7.99. The molecule has 20 heavy (non-hydrogen) atoms. The molecule has 0 aliphatic carbocycles. The van der Waals surface area contributed by atoms with Gasteiger partial charge in [0.2, 0.25) is 0 Å². The lowest BCUT2D eigenvalue weighted by molar-refractivity contribution is 0.00899. The van der Waals surface area contributed by atoms with E-state index in [9.17, 15) is 0 Å². The van der Waals surface area contributed by atoms with Crippen LogP contribution in [0.1, 0.15) is 30.5 Å². The molecule has 1 aromatic carbocycles. The van der Waals surface area contributed by atoms with E-state index in [-0.39, 0.29) is 5.54 Å². The van der Waals surface area contributed by atoms with Crippen molar-refractivity contribution in [1.82, 2.24) is 4.90 Å². The normalized spacial score (nSPS) is 17.2. The first-order chi connectivity index (χ1) is 9.46. The Kier molecular flexibility index (Phi) is 4.93. The summed E-state index contributed by atoms with van der Waals surface area (Å²) in [6.45, 7) is 9.88. The average Bonchev–Trinajstić information content (AvgIpc) is 2.35. The zero-order chi connectivity index (χ0) is 14.8. The van der Waals surface area contributed by atoms with E-state index in [0.717, 1.165) is 12.5 Å². The quantitative estimate of drug-likeness (QED) is 0.800. The third-order valence-electron chi connectivity index (χ3n) is 4.77. The Morgan fingerprint density at radius 1 is 1.35 bits per heavy atom. The Balaban J connectivity index is 1.90. The molecule has 0 bridgehead atoms. The number of benzene rings is 1. The lowest BCUT2D eigenvalue weighted by Crippen LogP contribution is -2.60. The molecular formula is C17H29BN2. The number of hydrogen-bond donors (Lipinski definition) is 1. The van der Waals surface area contributed by atoms with E-state index >= 15 is 0 Å². The highest BCUT2D eigenvalue weighted by Gasteiger charge is 2.36. The zero-order valence-corrected chi connectivity index (χ0v) is 13.6. The average molecular weight is 272 g/mol. The van der Waals surface area contributed by atoms with Crippen molar-refractivity contribution in [2.24, 2.45) is 11.7 Å². The first-order valence-electron chi connectivity index (χ1n) is 7.99. The molecule has 0 unspecified atom stereocenters. The number of nitrogens with two attached hydrogens (primary N) is 1. The van der Waals surface area contributed by atoms with Gasteiger partial charge in [0.1, 0.15) is 7.85 Å². The van der Waals surface area contributed by atoms with Crippen molar-refractivity contribution in [2.75, 3.05) is 19.6 Å². The Hall–Kier alpha value is -0.795. The summed E-state index contributed by atoms with van der Waals surface area (Å²) in [4.78, 5) is 2.51. The van der Waals surface area contributed by atoms with Crippen molar-refractivity contribution < 1.29 is 0 Å². The van der Waals surface area contributed by atoms with E-state index in [1.807, 2.05) is 0 Å². The van der Waals surface area contributed by atoms with Gasteiger partial charge in [0.05, 0.1) is 0 Å². The molecule has 3 heteroatoms. The van der Waals surface area contributed by atoms with E-state index in [1.165, 1.54) is 48.9 Å². The van der Waals surface area contributed by atoms with Gasteiger partial charge in [0, 0.05) is 25.2 Å². The molecule has 0 atom stereocenters. The summed E-state index contributed by atoms with van der Waals surface area (Å²) in [7, 11) is 2.24. The summed E-state index contributed by atoms with van der Waals surface area (Å²) in [5, 5.41) is 0. The van der Waals surface area contributed by atoms with Gasteiger partial charge in [0.25, 0.3) is 0 Å². The number of nitrogens with zero attached hydrogens (tertiary/aromatic N) is 1. The van der Waals surface area contributed by atoms with Gasteiger partial charge in [-0.1, -0.05) is 24.5 Å². The topological polar surface area (TPSA) is 29.3 Å². The Bertz CT molecular complexity index is 450. The monoisotopic (exact) mass is 272 g/mol. The van der Waals surface area contributed by atoms with Crippen LogP contribution in [0.2, 0.25) is 6.32 Å². The number of rotatable bonds is 6. The number of hydrogen-bond acceptors (Lipinski definition) is 2. The highest BCUT2D eigenvalue weighted by Crippen LogP contribution is 2.28.